The molecule has 0 radical (unpaired) electrons. The molecule has 0 spiro atoms. The van der Waals surface area contributed by atoms with E-state index < -0.39 is 37.4 Å². The first kappa shape index (κ1) is 29.2. The van der Waals surface area contributed by atoms with Gasteiger partial charge in [0.15, 0.2) is 0 Å². The molecule has 0 aromatic carbocycles. The first-order chi connectivity index (χ1) is 15.0. The van der Waals surface area contributed by atoms with Crippen LogP contribution in [0, 0.1) is 6.92 Å². The van der Waals surface area contributed by atoms with Crippen LogP contribution in [0.2, 0.25) is 0 Å². The topological polar surface area (TPSA) is 139 Å². The Morgan fingerprint density at radius 2 is 1.94 bits per heavy atom. The minimum absolute atomic E-state index is 0.0897. The number of H-pyrrole nitrogens is 1. The highest BCUT2D eigenvalue weighted by Crippen LogP contribution is 2.45. The number of hydrogen-bond acceptors (Lipinski definition) is 6. The first-order valence-corrected chi connectivity index (χ1v) is 13.4. The van der Waals surface area contributed by atoms with E-state index in [4.69, 9.17) is 9.26 Å². The molecule has 1 aromatic rings. The van der Waals surface area contributed by atoms with Crippen LogP contribution in [0.5, 0.6) is 0 Å². The summed E-state index contributed by atoms with van der Waals surface area (Å²) in [6, 6.07) is 0. The van der Waals surface area contributed by atoms with Crippen molar-refractivity contribution in [3.63, 3.8) is 0 Å². The number of ether oxygens (including phenoxy) is 1. The Hall–Kier alpha value is -0.850. The van der Waals surface area contributed by atoms with Crippen LogP contribution in [-0.2, 0) is 13.8 Å². The van der Waals surface area contributed by atoms with Crippen molar-refractivity contribution in [1.29, 1.82) is 0 Å². The average Bonchev–Trinajstić information content (AvgIpc) is 3.11. The highest BCUT2D eigenvalue weighted by Gasteiger charge is 2.38. The lowest BCUT2D eigenvalue weighted by molar-refractivity contribution is -0.894. The fourth-order valence-corrected chi connectivity index (χ4v) is 4.80. The van der Waals surface area contributed by atoms with Crippen molar-refractivity contribution in [1.82, 2.24) is 14.2 Å². The Morgan fingerprint density at radius 3 is 2.44 bits per heavy atom. The minimum atomic E-state index is -4.00. The predicted octanol–water partition coefficient (Wildman–Crippen LogP) is -0.132. The second-order valence-corrected chi connectivity index (χ2v) is 10.3. The quantitative estimate of drug-likeness (QED) is 0.236. The number of aryl methyl sites for hydroxylation is 1. The van der Waals surface area contributed by atoms with Gasteiger partial charge >= 0.3 is 13.4 Å². The number of aromatic amines is 1. The Bertz CT molecular complexity index is 855. The third-order valence-corrected chi connectivity index (χ3v) is 7.31. The van der Waals surface area contributed by atoms with E-state index in [-0.39, 0.29) is 13.0 Å². The number of nitrogens with one attached hydrogen (secondary N) is 2. The molecule has 0 aliphatic carbocycles. The van der Waals surface area contributed by atoms with Crippen LogP contribution in [0.3, 0.4) is 0 Å². The van der Waals surface area contributed by atoms with Crippen molar-refractivity contribution in [2.75, 3.05) is 45.2 Å². The van der Waals surface area contributed by atoms with E-state index in [0.29, 0.717) is 17.4 Å². The molecular formula is C19H37BrN4O7P+. The monoisotopic (exact) mass is 543 g/mol. The Morgan fingerprint density at radius 1 is 1.34 bits per heavy atom. The maximum absolute atomic E-state index is 12.1. The van der Waals surface area contributed by atoms with Crippen LogP contribution >= 0.6 is 23.7 Å². The van der Waals surface area contributed by atoms with Gasteiger partial charge in [-0.15, -0.1) is 0 Å². The fraction of sp³-hybridized carbons (Fsp3) is 0.789. The smallest absolute Gasteiger partial charge is 0.390 e. The van der Waals surface area contributed by atoms with E-state index in [1.54, 1.807) is 11.8 Å². The largest absolute Gasteiger partial charge is 0.405 e. The summed E-state index contributed by atoms with van der Waals surface area (Å²) in [5.41, 5.74) is -0.816. The summed E-state index contributed by atoms with van der Waals surface area (Å²) in [5.74, 6) is 0. The third-order valence-electron chi connectivity index (χ3n) is 5.41. The molecule has 2 rings (SSSR count). The molecule has 1 aliphatic rings. The highest BCUT2D eigenvalue weighted by atomic mass is 79.9. The van der Waals surface area contributed by atoms with Gasteiger partial charge in [0.05, 0.1) is 32.3 Å². The standard InChI is InChI=1S/C13H21BrN3O7P.C6H15N/c1-8-6-17(13(20)15-12(8)19)11-5-9(18)10(24-11)7-23-25(21,22)16(2)4-3-14;1-4-7(5-2)6-3/h6,9-11,18H,3-5,7H2,1-2H3,(H,21,22)(H,15,19,20);4-6H2,1-3H3/p+1. The zero-order valence-corrected chi connectivity index (χ0v) is 21.9. The van der Waals surface area contributed by atoms with E-state index in [9.17, 15) is 24.2 Å². The van der Waals surface area contributed by atoms with Crippen LogP contribution in [0.15, 0.2) is 15.8 Å². The molecule has 11 nitrogen and oxygen atoms in total. The lowest BCUT2D eigenvalue weighted by Crippen LogP contribution is -3.11. The van der Waals surface area contributed by atoms with Crippen molar-refractivity contribution in [2.45, 2.75) is 52.6 Å². The molecule has 13 heteroatoms. The minimum Gasteiger partial charge on any atom is -0.390 e. The molecule has 1 aromatic heterocycles. The molecule has 0 bridgehead atoms. The number of aromatic nitrogens is 2. The van der Waals surface area contributed by atoms with E-state index in [1.165, 1.54) is 37.4 Å². The molecule has 0 saturated carbocycles. The number of nitrogens with zero attached hydrogens (tertiary/aromatic N) is 2. The molecule has 1 saturated heterocycles. The van der Waals surface area contributed by atoms with Crippen LogP contribution in [-0.4, -0.2) is 81.6 Å². The highest BCUT2D eigenvalue weighted by molar-refractivity contribution is 9.09. The van der Waals surface area contributed by atoms with Crippen molar-refractivity contribution in [3.05, 3.63) is 32.6 Å². The summed E-state index contributed by atoms with van der Waals surface area (Å²) >= 11 is 3.17. The third kappa shape index (κ3) is 8.49. The molecule has 4 unspecified atom stereocenters. The second-order valence-electron chi connectivity index (χ2n) is 7.58. The van der Waals surface area contributed by atoms with Gasteiger partial charge in [-0.3, -0.25) is 18.9 Å². The lowest BCUT2D eigenvalue weighted by atomic mass is 10.2. The van der Waals surface area contributed by atoms with Crippen molar-refractivity contribution < 1.29 is 28.7 Å². The van der Waals surface area contributed by atoms with Gasteiger partial charge in [0.25, 0.3) is 5.56 Å². The molecular weight excluding hydrogens is 507 g/mol. The molecule has 32 heavy (non-hydrogen) atoms. The molecule has 4 atom stereocenters. The summed E-state index contributed by atoms with van der Waals surface area (Å²) in [6.45, 7) is 12.0. The summed E-state index contributed by atoms with van der Waals surface area (Å²) in [5, 5.41) is 10.6. The summed E-state index contributed by atoms with van der Waals surface area (Å²) < 4.78 is 25.0. The Kier molecular flexibility index (Phi) is 12.5. The van der Waals surface area contributed by atoms with Gasteiger partial charge in [0, 0.05) is 30.1 Å². The van der Waals surface area contributed by atoms with Gasteiger partial charge in [-0.1, -0.05) is 15.9 Å². The summed E-state index contributed by atoms with van der Waals surface area (Å²) in [6.07, 6.45) is -1.22. The molecule has 186 valence electrons. The average molecular weight is 544 g/mol. The first-order valence-electron chi connectivity index (χ1n) is 10.7. The van der Waals surface area contributed by atoms with Gasteiger partial charge in [-0.25, -0.2) is 14.0 Å². The van der Waals surface area contributed by atoms with Gasteiger partial charge in [0.2, 0.25) is 0 Å². The normalized spacial score (nSPS) is 22.6. The number of rotatable bonds is 10. The number of halogens is 1. The van der Waals surface area contributed by atoms with Crippen LogP contribution < -0.4 is 16.1 Å². The number of aliphatic hydroxyl groups excluding tert-OH is 1. The molecule has 0 amide bonds. The molecule has 2 heterocycles. The van der Waals surface area contributed by atoms with Crippen LogP contribution in [0.4, 0.5) is 0 Å². The van der Waals surface area contributed by atoms with E-state index in [0.717, 1.165) is 4.67 Å². The van der Waals surface area contributed by atoms with E-state index in [2.05, 4.69) is 41.7 Å². The van der Waals surface area contributed by atoms with Crippen molar-refractivity contribution in [3.8, 4) is 0 Å². The van der Waals surface area contributed by atoms with Crippen molar-refractivity contribution in [2.24, 2.45) is 0 Å². The number of hydrogen-bond donors (Lipinski definition) is 4. The molecule has 1 aliphatic heterocycles. The lowest BCUT2D eigenvalue weighted by Gasteiger charge is -2.23. The number of quaternary nitrogens is 1. The van der Waals surface area contributed by atoms with Gasteiger partial charge in [-0.2, -0.15) is 0 Å². The predicted molar refractivity (Wildman–Crippen MR) is 125 cm³/mol. The molecule has 1 fully saturated rings. The Balaban J connectivity index is 0.000000633. The van der Waals surface area contributed by atoms with Gasteiger partial charge in [0.1, 0.15) is 12.3 Å². The fourth-order valence-electron chi connectivity index (χ4n) is 3.10. The van der Waals surface area contributed by atoms with Crippen LogP contribution in [0.25, 0.3) is 0 Å². The van der Waals surface area contributed by atoms with Crippen LogP contribution in [0.1, 0.15) is 39.0 Å². The SMILES string of the molecule is CC[NH+](CC)CC.Cc1cn(C2CC(O)C(COP(=O)(O)N(C)CCBr)O2)c(=O)[nH]c1=O. The maximum atomic E-state index is 12.1. The number of aliphatic hydroxyl groups is 1. The summed E-state index contributed by atoms with van der Waals surface area (Å²) in [4.78, 5) is 37.0. The van der Waals surface area contributed by atoms with Gasteiger partial charge < -0.3 is 19.6 Å². The van der Waals surface area contributed by atoms with Crippen molar-refractivity contribution >= 4 is 23.7 Å². The van der Waals surface area contributed by atoms with E-state index >= 15 is 0 Å². The zero-order chi connectivity index (χ0) is 24.5. The Labute approximate surface area is 197 Å². The zero-order valence-electron chi connectivity index (χ0n) is 19.4. The second kappa shape index (κ2) is 13.8. The van der Waals surface area contributed by atoms with E-state index in [1.807, 2.05) is 0 Å². The maximum Gasteiger partial charge on any atom is 0.405 e. The number of alkyl halides is 1. The van der Waals surface area contributed by atoms with Gasteiger partial charge in [-0.05, 0) is 34.7 Å². The summed E-state index contributed by atoms with van der Waals surface area (Å²) in [7, 11) is -2.55. The molecule has 4 N–H and O–H groups in total.